The van der Waals surface area contributed by atoms with Gasteiger partial charge in [0.2, 0.25) is 17.6 Å². The third kappa shape index (κ3) is 3.39. The molecule has 0 spiro atoms. The van der Waals surface area contributed by atoms with Crippen molar-refractivity contribution < 1.29 is 9.32 Å². The van der Waals surface area contributed by atoms with Gasteiger partial charge in [-0.25, -0.2) is 0 Å². The van der Waals surface area contributed by atoms with Crippen LogP contribution in [-0.4, -0.2) is 27.1 Å². The summed E-state index contributed by atoms with van der Waals surface area (Å²) in [5.41, 5.74) is 2.61. The zero-order valence-corrected chi connectivity index (χ0v) is 13.2. The summed E-state index contributed by atoms with van der Waals surface area (Å²) >= 11 is 0. The monoisotopic (exact) mass is 313 g/mol. The molecule has 23 heavy (non-hydrogen) atoms. The average molecular weight is 313 g/mol. The number of nitrogens with zero attached hydrogens (tertiary/aromatic N) is 3. The van der Waals surface area contributed by atoms with Gasteiger partial charge in [-0.05, 0) is 38.8 Å². The fourth-order valence-corrected chi connectivity index (χ4v) is 2.49. The van der Waals surface area contributed by atoms with E-state index >= 15 is 0 Å². The summed E-state index contributed by atoms with van der Waals surface area (Å²) in [4.78, 5) is 20.7. The summed E-state index contributed by atoms with van der Waals surface area (Å²) in [6.07, 6.45) is 3.27. The van der Waals surface area contributed by atoms with Crippen molar-refractivity contribution in [3.05, 3.63) is 42.2 Å². The van der Waals surface area contributed by atoms with Crippen molar-refractivity contribution in [2.75, 3.05) is 0 Å². The number of carbonyl (C=O) groups is 1. The second-order valence-electron chi connectivity index (χ2n) is 5.71. The fourth-order valence-electron chi connectivity index (χ4n) is 2.49. The minimum atomic E-state index is -0.359. The van der Waals surface area contributed by atoms with Gasteiger partial charge in [0.15, 0.2) is 0 Å². The van der Waals surface area contributed by atoms with Gasteiger partial charge < -0.3 is 15.2 Å². The Morgan fingerprint density at radius 3 is 3.09 bits per heavy atom. The molecule has 0 bridgehead atoms. The number of hydrogen-bond donors (Lipinski definition) is 2. The van der Waals surface area contributed by atoms with E-state index in [9.17, 15) is 4.79 Å². The molecule has 2 aromatic heterocycles. The van der Waals surface area contributed by atoms with Gasteiger partial charge in [-0.1, -0.05) is 11.7 Å². The van der Waals surface area contributed by atoms with Crippen LogP contribution in [0.15, 0.2) is 35.1 Å². The van der Waals surface area contributed by atoms with Gasteiger partial charge in [-0.15, -0.1) is 0 Å². The van der Waals surface area contributed by atoms with Crippen LogP contribution in [0.4, 0.5) is 0 Å². The van der Waals surface area contributed by atoms with Crippen LogP contribution in [0.25, 0.3) is 11.4 Å². The lowest BCUT2D eigenvalue weighted by Crippen LogP contribution is -2.41. The number of aromatic nitrogens is 3. The molecule has 3 heterocycles. The van der Waals surface area contributed by atoms with Gasteiger partial charge >= 0.3 is 0 Å². The first-order valence-corrected chi connectivity index (χ1v) is 7.54. The van der Waals surface area contributed by atoms with E-state index in [4.69, 9.17) is 4.52 Å². The van der Waals surface area contributed by atoms with Crippen molar-refractivity contribution >= 4 is 5.91 Å². The molecule has 0 aliphatic carbocycles. The lowest BCUT2D eigenvalue weighted by atomic mass is 10.2. The second-order valence-corrected chi connectivity index (χ2v) is 5.71. The Morgan fingerprint density at radius 1 is 1.57 bits per heavy atom. The van der Waals surface area contributed by atoms with E-state index in [1.54, 1.807) is 6.20 Å². The third-order valence-corrected chi connectivity index (χ3v) is 3.76. The van der Waals surface area contributed by atoms with Crippen molar-refractivity contribution in [2.24, 2.45) is 0 Å². The van der Waals surface area contributed by atoms with E-state index < -0.39 is 0 Å². The summed E-state index contributed by atoms with van der Waals surface area (Å²) in [7, 11) is 0. The number of allylic oxidation sites excluding steroid dienone is 1. The fraction of sp³-hybridized carbons (Fsp3) is 0.375. The molecular formula is C16H19N5O2. The summed E-state index contributed by atoms with van der Waals surface area (Å²) < 4.78 is 5.27. The van der Waals surface area contributed by atoms with Crippen LogP contribution in [0.3, 0.4) is 0 Å². The first-order chi connectivity index (χ1) is 11.0. The predicted molar refractivity (Wildman–Crippen MR) is 84.1 cm³/mol. The minimum Gasteiger partial charge on any atom is -0.378 e. The molecule has 1 fully saturated rings. The topological polar surface area (TPSA) is 92.9 Å². The van der Waals surface area contributed by atoms with Crippen LogP contribution in [-0.2, 0) is 4.79 Å². The maximum absolute atomic E-state index is 12.2. The number of nitrogens with one attached hydrogen (secondary N) is 2. The molecular weight excluding hydrogens is 294 g/mol. The van der Waals surface area contributed by atoms with Crippen LogP contribution < -0.4 is 10.6 Å². The molecule has 0 saturated carbocycles. The average Bonchev–Trinajstić information content (AvgIpc) is 3.16. The lowest BCUT2D eigenvalue weighted by molar-refractivity contribution is -0.123. The molecule has 0 radical (unpaired) electrons. The summed E-state index contributed by atoms with van der Waals surface area (Å²) in [5, 5.41) is 9.92. The zero-order valence-electron chi connectivity index (χ0n) is 13.2. The number of aryl methyl sites for hydroxylation is 1. The quantitative estimate of drug-likeness (QED) is 0.895. The Balaban J connectivity index is 1.67. The van der Waals surface area contributed by atoms with Gasteiger partial charge in [0, 0.05) is 23.2 Å². The second kappa shape index (κ2) is 6.20. The van der Waals surface area contributed by atoms with E-state index in [-0.39, 0.29) is 18.0 Å². The normalized spacial score (nSPS) is 18.5. The number of amides is 1. The van der Waals surface area contributed by atoms with Crippen LogP contribution in [0.5, 0.6) is 0 Å². The Morgan fingerprint density at radius 2 is 2.39 bits per heavy atom. The van der Waals surface area contributed by atoms with Crippen molar-refractivity contribution in [3.8, 4) is 11.4 Å². The molecule has 7 heteroatoms. The molecule has 1 saturated heterocycles. The Hall–Kier alpha value is -2.70. The largest absolute Gasteiger partial charge is 0.378 e. The molecule has 2 aromatic rings. The van der Waals surface area contributed by atoms with E-state index in [1.807, 2.05) is 26.0 Å². The van der Waals surface area contributed by atoms with Gasteiger partial charge in [0.25, 0.3) is 0 Å². The predicted octanol–water partition coefficient (Wildman–Crippen LogP) is 1.88. The molecule has 120 valence electrons. The van der Waals surface area contributed by atoms with Crippen molar-refractivity contribution in [3.63, 3.8) is 0 Å². The third-order valence-electron chi connectivity index (χ3n) is 3.76. The van der Waals surface area contributed by atoms with Crippen molar-refractivity contribution in [1.82, 2.24) is 25.8 Å². The highest BCUT2D eigenvalue weighted by atomic mass is 16.5. The first-order valence-electron chi connectivity index (χ1n) is 7.54. The minimum absolute atomic E-state index is 0.0874. The molecule has 7 nitrogen and oxygen atoms in total. The summed E-state index contributed by atoms with van der Waals surface area (Å²) in [5.74, 6) is 0.772. The SMILES string of the molecule is C=C1CC[C@@H](C(=O)N[C@@H](C)c2nc(-c3ccnc(C)c3)no2)N1. The van der Waals surface area contributed by atoms with Crippen molar-refractivity contribution in [2.45, 2.75) is 38.8 Å². The van der Waals surface area contributed by atoms with Gasteiger partial charge in [0.05, 0.1) is 0 Å². The van der Waals surface area contributed by atoms with Crippen LogP contribution >= 0.6 is 0 Å². The van der Waals surface area contributed by atoms with E-state index in [1.165, 1.54) is 0 Å². The highest BCUT2D eigenvalue weighted by Gasteiger charge is 2.26. The first kappa shape index (κ1) is 15.2. The number of pyridine rings is 1. The molecule has 0 unspecified atom stereocenters. The lowest BCUT2D eigenvalue weighted by Gasteiger charge is -2.14. The molecule has 3 rings (SSSR count). The molecule has 1 aliphatic heterocycles. The highest BCUT2D eigenvalue weighted by molar-refractivity contribution is 5.82. The van der Waals surface area contributed by atoms with Gasteiger partial charge in [-0.2, -0.15) is 4.98 Å². The standard InChI is InChI=1S/C16H19N5O2/c1-9-4-5-13(18-9)15(22)19-11(3)16-20-14(21-23-16)12-6-7-17-10(2)8-12/h6-8,11,13,18H,1,4-5H2,2-3H3,(H,19,22)/t11-,13-/m0/s1. The maximum Gasteiger partial charge on any atom is 0.249 e. The number of hydrogen-bond acceptors (Lipinski definition) is 6. The highest BCUT2D eigenvalue weighted by Crippen LogP contribution is 2.20. The molecule has 1 amide bonds. The number of rotatable bonds is 4. The summed E-state index contributed by atoms with van der Waals surface area (Å²) in [6.45, 7) is 7.55. The Kier molecular flexibility index (Phi) is 4.10. The molecule has 2 N–H and O–H groups in total. The number of carbonyl (C=O) groups excluding carboxylic acids is 1. The molecule has 2 atom stereocenters. The van der Waals surface area contributed by atoms with E-state index in [2.05, 4.69) is 32.3 Å². The smallest absolute Gasteiger partial charge is 0.249 e. The maximum atomic E-state index is 12.2. The van der Waals surface area contributed by atoms with Crippen LogP contribution in [0, 0.1) is 6.92 Å². The zero-order chi connectivity index (χ0) is 16.4. The van der Waals surface area contributed by atoms with Gasteiger partial charge in [-0.3, -0.25) is 9.78 Å². The van der Waals surface area contributed by atoms with Gasteiger partial charge in [0.1, 0.15) is 12.1 Å². The Labute approximate surface area is 134 Å². The van der Waals surface area contributed by atoms with E-state index in [0.29, 0.717) is 11.7 Å². The molecule has 1 aliphatic rings. The van der Waals surface area contributed by atoms with Crippen molar-refractivity contribution in [1.29, 1.82) is 0 Å². The van der Waals surface area contributed by atoms with Crippen LogP contribution in [0.1, 0.15) is 37.4 Å². The summed E-state index contributed by atoms with van der Waals surface area (Å²) in [6, 6.07) is 3.10. The molecule has 0 aromatic carbocycles. The Bertz CT molecular complexity index is 740. The van der Waals surface area contributed by atoms with Crippen LogP contribution in [0.2, 0.25) is 0 Å². The van der Waals surface area contributed by atoms with E-state index in [0.717, 1.165) is 29.8 Å².